The van der Waals surface area contributed by atoms with Crippen molar-refractivity contribution in [3.05, 3.63) is 46.1 Å². The van der Waals surface area contributed by atoms with Crippen molar-refractivity contribution in [2.75, 3.05) is 0 Å². The average molecular weight is 438 g/mol. The average Bonchev–Trinajstić information content (AvgIpc) is 3.14. The molecule has 0 aliphatic carbocycles. The zero-order chi connectivity index (χ0) is 21.6. The van der Waals surface area contributed by atoms with Gasteiger partial charge in [0, 0.05) is 17.1 Å². The molecule has 0 saturated heterocycles. The van der Waals surface area contributed by atoms with Crippen molar-refractivity contribution in [1.29, 1.82) is 0 Å². The molecule has 1 aromatic carbocycles. The Hall–Kier alpha value is -2.76. The maximum Gasteiger partial charge on any atom is 0.435 e. The van der Waals surface area contributed by atoms with E-state index in [4.69, 9.17) is 9.84 Å². The molecule has 5 nitrogen and oxygen atoms in total. The number of carboxylic acids is 1. The maximum atomic E-state index is 13.5. The smallest absolute Gasteiger partial charge is 0.435 e. The molecular formula is C17H12F6N2O3S. The van der Waals surface area contributed by atoms with Crippen LogP contribution in [0.1, 0.15) is 22.5 Å². The molecule has 0 aliphatic heterocycles. The predicted octanol–water partition coefficient (Wildman–Crippen LogP) is 4.88. The van der Waals surface area contributed by atoms with Crippen LogP contribution in [0.15, 0.2) is 23.6 Å². The standard InChI is InChI=1S/C17H12F6N2O3S/c1-25-9(3-13(24-25)17(21,22)23)6-28-10-4-11(16(18,19)20)15-8(2-14(26)27)7-29-12(15)5-10/h3-5,7H,2,6H2,1H3,(H,26,27). The number of fused-ring (bicyclic) bond motifs is 1. The molecule has 3 rings (SSSR count). The van der Waals surface area contributed by atoms with Crippen LogP contribution >= 0.6 is 11.3 Å². The van der Waals surface area contributed by atoms with Crippen LogP contribution in [0.25, 0.3) is 10.1 Å². The van der Waals surface area contributed by atoms with E-state index in [2.05, 4.69) is 5.10 Å². The van der Waals surface area contributed by atoms with Gasteiger partial charge >= 0.3 is 18.3 Å². The quantitative estimate of drug-likeness (QED) is 0.577. The van der Waals surface area contributed by atoms with Crippen molar-refractivity contribution in [3.63, 3.8) is 0 Å². The Morgan fingerprint density at radius 2 is 1.86 bits per heavy atom. The lowest BCUT2D eigenvalue weighted by atomic mass is 10.0. The number of rotatable bonds is 5. The van der Waals surface area contributed by atoms with Gasteiger partial charge in [0.1, 0.15) is 12.4 Å². The molecule has 12 heteroatoms. The molecule has 2 heterocycles. The van der Waals surface area contributed by atoms with Crippen molar-refractivity contribution >= 4 is 27.4 Å². The molecule has 3 aromatic rings. The number of carbonyl (C=O) groups is 1. The third-order valence-corrected chi connectivity index (χ3v) is 5.00. The number of alkyl halides is 6. The van der Waals surface area contributed by atoms with Gasteiger partial charge in [0.2, 0.25) is 0 Å². The van der Waals surface area contributed by atoms with Gasteiger partial charge in [0.15, 0.2) is 5.69 Å². The summed E-state index contributed by atoms with van der Waals surface area (Å²) in [6, 6.07) is 2.75. The minimum atomic E-state index is -4.78. The van der Waals surface area contributed by atoms with Gasteiger partial charge in [0.05, 0.1) is 17.7 Å². The Kier molecular flexibility index (Phi) is 5.24. The lowest BCUT2D eigenvalue weighted by molar-refractivity contribution is -0.141. The number of carboxylic acid groups (broad SMARTS) is 1. The summed E-state index contributed by atoms with van der Waals surface area (Å²) >= 11 is 0.923. The van der Waals surface area contributed by atoms with Crippen LogP contribution in [0.3, 0.4) is 0 Å². The first-order chi connectivity index (χ1) is 13.4. The molecule has 0 bridgehead atoms. The van der Waals surface area contributed by atoms with Crippen molar-refractivity contribution in [3.8, 4) is 5.75 Å². The van der Waals surface area contributed by atoms with Crippen LogP contribution in [0.2, 0.25) is 0 Å². The number of hydrogen-bond acceptors (Lipinski definition) is 4. The highest BCUT2D eigenvalue weighted by molar-refractivity contribution is 7.17. The van der Waals surface area contributed by atoms with Gasteiger partial charge in [-0.25, -0.2) is 0 Å². The van der Waals surface area contributed by atoms with Gasteiger partial charge in [-0.05, 0) is 29.1 Å². The first-order valence-corrected chi connectivity index (χ1v) is 8.80. The number of nitrogens with zero attached hydrogens (tertiary/aromatic N) is 2. The zero-order valence-corrected chi connectivity index (χ0v) is 15.4. The monoisotopic (exact) mass is 438 g/mol. The summed E-state index contributed by atoms with van der Waals surface area (Å²) in [5.41, 5.74) is -2.16. The molecule has 0 unspecified atom stereocenters. The summed E-state index contributed by atoms with van der Waals surface area (Å²) in [5.74, 6) is -1.47. The molecule has 0 atom stereocenters. The topological polar surface area (TPSA) is 64.4 Å². The van der Waals surface area contributed by atoms with E-state index in [-0.39, 0.29) is 27.1 Å². The molecular weight excluding hydrogens is 426 g/mol. The van der Waals surface area contributed by atoms with E-state index >= 15 is 0 Å². The lowest BCUT2D eigenvalue weighted by Crippen LogP contribution is -2.09. The number of hydrogen-bond donors (Lipinski definition) is 1. The largest absolute Gasteiger partial charge is 0.487 e. The van der Waals surface area contributed by atoms with Gasteiger partial charge in [-0.2, -0.15) is 31.4 Å². The molecule has 0 radical (unpaired) electrons. The molecule has 2 aromatic heterocycles. The summed E-state index contributed by atoms with van der Waals surface area (Å²) in [4.78, 5) is 10.9. The Morgan fingerprint density at radius 3 is 2.41 bits per heavy atom. The van der Waals surface area contributed by atoms with Crippen molar-refractivity contribution in [1.82, 2.24) is 9.78 Å². The Bertz CT molecular complexity index is 1070. The van der Waals surface area contributed by atoms with Gasteiger partial charge in [-0.15, -0.1) is 11.3 Å². The summed E-state index contributed by atoms with van der Waals surface area (Å²) in [6.07, 6.45) is -10.0. The number of aryl methyl sites for hydroxylation is 1. The molecule has 0 spiro atoms. The number of benzene rings is 1. The van der Waals surface area contributed by atoms with E-state index in [1.807, 2.05) is 0 Å². The molecule has 1 N–H and O–H groups in total. The zero-order valence-electron chi connectivity index (χ0n) is 14.6. The van der Waals surface area contributed by atoms with Crippen LogP contribution < -0.4 is 4.74 Å². The SMILES string of the molecule is Cn1nc(C(F)(F)F)cc1COc1cc(C(F)(F)F)c2c(CC(=O)O)csc2c1. The van der Waals surface area contributed by atoms with E-state index in [0.717, 1.165) is 22.1 Å². The minimum Gasteiger partial charge on any atom is -0.487 e. The highest BCUT2D eigenvalue weighted by Crippen LogP contribution is 2.42. The first kappa shape index (κ1) is 21.0. The maximum absolute atomic E-state index is 13.5. The molecule has 29 heavy (non-hydrogen) atoms. The van der Waals surface area contributed by atoms with E-state index in [9.17, 15) is 31.1 Å². The lowest BCUT2D eigenvalue weighted by Gasteiger charge is -2.13. The number of thiophene rings is 1. The van der Waals surface area contributed by atoms with Crippen LogP contribution in [0.4, 0.5) is 26.3 Å². The Labute approximate surface area is 163 Å². The Balaban J connectivity index is 1.95. The fraction of sp³-hybridized carbons (Fsp3) is 0.294. The fourth-order valence-corrected chi connectivity index (χ4v) is 3.76. The summed E-state index contributed by atoms with van der Waals surface area (Å²) in [5, 5.41) is 13.3. The fourth-order valence-electron chi connectivity index (χ4n) is 2.74. The van der Waals surface area contributed by atoms with E-state index in [1.165, 1.54) is 18.5 Å². The van der Waals surface area contributed by atoms with Crippen molar-refractivity contribution in [2.24, 2.45) is 7.05 Å². The van der Waals surface area contributed by atoms with Gasteiger partial charge in [0.25, 0.3) is 0 Å². The minimum absolute atomic E-state index is 0.0173. The first-order valence-electron chi connectivity index (χ1n) is 7.92. The highest BCUT2D eigenvalue weighted by Gasteiger charge is 2.36. The third-order valence-electron chi connectivity index (χ3n) is 4.03. The summed E-state index contributed by atoms with van der Waals surface area (Å²) in [7, 11) is 1.26. The van der Waals surface area contributed by atoms with Crippen LogP contribution in [0, 0.1) is 0 Å². The second-order valence-electron chi connectivity index (χ2n) is 6.10. The van der Waals surface area contributed by atoms with Gasteiger partial charge < -0.3 is 9.84 Å². The van der Waals surface area contributed by atoms with Crippen LogP contribution in [0.5, 0.6) is 5.75 Å². The second-order valence-corrected chi connectivity index (χ2v) is 7.02. The molecule has 0 saturated carbocycles. The molecule has 0 amide bonds. The number of aromatic nitrogens is 2. The molecule has 0 fully saturated rings. The highest BCUT2D eigenvalue weighted by atomic mass is 32.1. The van der Waals surface area contributed by atoms with Gasteiger partial charge in [-0.3, -0.25) is 9.48 Å². The van der Waals surface area contributed by atoms with Crippen LogP contribution in [-0.2, 0) is 37.2 Å². The molecule has 156 valence electrons. The second kappa shape index (κ2) is 7.25. The normalized spacial score (nSPS) is 12.5. The van der Waals surface area contributed by atoms with E-state index in [1.54, 1.807) is 0 Å². The number of halogens is 6. The van der Waals surface area contributed by atoms with Crippen LogP contribution in [-0.4, -0.2) is 20.9 Å². The molecule has 0 aliphatic rings. The summed E-state index contributed by atoms with van der Waals surface area (Å²) < 4.78 is 85.1. The van der Waals surface area contributed by atoms with Crippen molar-refractivity contribution in [2.45, 2.75) is 25.4 Å². The van der Waals surface area contributed by atoms with E-state index < -0.39 is 42.6 Å². The number of ether oxygens (including phenoxy) is 1. The van der Waals surface area contributed by atoms with Crippen molar-refractivity contribution < 1.29 is 41.0 Å². The van der Waals surface area contributed by atoms with E-state index in [0.29, 0.717) is 6.07 Å². The Morgan fingerprint density at radius 1 is 1.17 bits per heavy atom. The van der Waals surface area contributed by atoms with Gasteiger partial charge in [-0.1, -0.05) is 0 Å². The predicted molar refractivity (Wildman–Crippen MR) is 90.7 cm³/mol. The summed E-state index contributed by atoms with van der Waals surface area (Å²) in [6.45, 7) is -0.435. The number of aliphatic carboxylic acids is 1. The third kappa shape index (κ3) is 4.47.